The van der Waals surface area contributed by atoms with Crippen LogP contribution in [0.25, 0.3) is 46.4 Å². The molecule has 4 heteroatoms. The Labute approximate surface area is 187 Å². The molecule has 158 valence electrons. The first-order chi connectivity index (χ1) is 15.6. The number of hydrogen-bond acceptors (Lipinski definition) is 2. The Kier molecular flexibility index (Phi) is 4.98. The molecule has 0 atom stereocenters. The molecule has 0 fully saturated rings. The fourth-order valence-electron chi connectivity index (χ4n) is 4.33. The first-order valence-electron chi connectivity index (χ1n) is 10.9. The second kappa shape index (κ2) is 7.97. The van der Waals surface area contributed by atoms with Gasteiger partial charge in [0.2, 0.25) is 0 Å². The molecule has 5 heterocycles. The van der Waals surface area contributed by atoms with E-state index in [0.29, 0.717) is 0 Å². The zero-order chi connectivity index (χ0) is 22.2. The van der Waals surface area contributed by atoms with Crippen molar-refractivity contribution in [2.24, 2.45) is 0 Å². The highest BCUT2D eigenvalue weighted by molar-refractivity contribution is 5.83. The van der Waals surface area contributed by atoms with Gasteiger partial charge in [-0.25, -0.2) is 9.97 Å². The molecule has 2 aliphatic rings. The van der Waals surface area contributed by atoms with Gasteiger partial charge in [-0.2, -0.15) is 0 Å². The molecule has 0 aliphatic carbocycles. The summed E-state index contributed by atoms with van der Waals surface area (Å²) < 4.78 is 0. The predicted octanol–water partition coefficient (Wildman–Crippen LogP) is 6.73. The lowest BCUT2D eigenvalue weighted by molar-refractivity contribution is 1.18. The van der Waals surface area contributed by atoms with Crippen LogP contribution in [0.5, 0.6) is 0 Å². The number of aryl methyl sites for hydroxylation is 2. The molecule has 8 bridgehead atoms. The SMILES string of the molecule is C=CCc1c2nc(c(C)c3ccc([nH]3)c(C)c3nc(c(CC=C)c4ccc1[nH]4)C=C3)C=C2. The van der Waals surface area contributed by atoms with E-state index in [9.17, 15) is 0 Å². The lowest BCUT2D eigenvalue weighted by Crippen LogP contribution is -1.91. The number of aromatic amines is 2. The average Bonchev–Trinajstić information content (AvgIpc) is 3.61. The largest absolute Gasteiger partial charge is 0.355 e. The van der Waals surface area contributed by atoms with E-state index in [1.807, 2.05) is 12.2 Å². The Morgan fingerprint density at radius 2 is 1.00 bits per heavy atom. The summed E-state index contributed by atoms with van der Waals surface area (Å²) in [4.78, 5) is 17.1. The molecule has 0 aromatic carbocycles. The fourth-order valence-corrected chi connectivity index (χ4v) is 4.33. The lowest BCUT2D eigenvalue weighted by Gasteiger charge is -2.01. The minimum absolute atomic E-state index is 0.728. The highest BCUT2D eigenvalue weighted by Crippen LogP contribution is 2.26. The molecule has 0 saturated heterocycles. The average molecular weight is 419 g/mol. The summed E-state index contributed by atoms with van der Waals surface area (Å²) in [5, 5.41) is 0. The van der Waals surface area contributed by atoms with Gasteiger partial charge < -0.3 is 9.97 Å². The summed E-state index contributed by atoms with van der Waals surface area (Å²) in [5.41, 5.74) is 12.6. The summed E-state index contributed by atoms with van der Waals surface area (Å²) >= 11 is 0. The van der Waals surface area contributed by atoms with Crippen molar-refractivity contribution >= 4 is 46.4 Å². The van der Waals surface area contributed by atoms with Crippen LogP contribution in [0.2, 0.25) is 0 Å². The lowest BCUT2D eigenvalue weighted by atomic mass is 10.1. The van der Waals surface area contributed by atoms with Crippen LogP contribution in [-0.4, -0.2) is 19.9 Å². The van der Waals surface area contributed by atoms with E-state index in [2.05, 4.69) is 85.5 Å². The van der Waals surface area contributed by atoms with E-state index in [1.54, 1.807) is 0 Å². The van der Waals surface area contributed by atoms with Crippen molar-refractivity contribution in [2.45, 2.75) is 26.7 Å². The van der Waals surface area contributed by atoms with Crippen LogP contribution in [0.3, 0.4) is 0 Å². The van der Waals surface area contributed by atoms with Crippen molar-refractivity contribution in [1.29, 1.82) is 0 Å². The zero-order valence-corrected chi connectivity index (χ0v) is 18.5. The molecular formula is C28H26N4. The Bertz CT molecular complexity index is 1370. The van der Waals surface area contributed by atoms with Gasteiger partial charge in [-0.05, 0) is 86.4 Å². The van der Waals surface area contributed by atoms with Gasteiger partial charge in [0.25, 0.3) is 0 Å². The van der Waals surface area contributed by atoms with Crippen LogP contribution in [0.4, 0.5) is 0 Å². The fraction of sp³-hybridized carbons (Fsp3) is 0.143. The van der Waals surface area contributed by atoms with Gasteiger partial charge in [-0.15, -0.1) is 13.2 Å². The van der Waals surface area contributed by atoms with Crippen molar-refractivity contribution in [3.05, 3.63) is 94.6 Å². The van der Waals surface area contributed by atoms with Crippen LogP contribution >= 0.6 is 0 Å². The highest BCUT2D eigenvalue weighted by atomic mass is 14.8. The molecule has 0 spiro atoms. The van der Waals surface area contributed by atoms with Crippen molar-refractivity contribution in [2.75, 3.05) is 0 Å². The molecule has 0 radical (unpaired) electrons. The van der Waals surface area contributed by atoms with Crippen molar-refractivity contribution in [1.82, 2.24) is 19.9 Å². The van der Waals surface area contributed by atoms with Crippen molar-refractivity contribution in [3.63, 3.8) is 0 Å². The predicted molar refractivity (Wildman–Crippen MR) is 136 cm³/mol. The summed E-state index contributed by atoms with van der Waals surface area (Å²) in [6.07, 6.45) is 13.7. The highest BCUT2D eigenvalue weighted by Gasteiger charge is 2.12. The number of fused-ring (bicyclic) bond motifs is 8. The van der Waals surface area contributed by atoms with Gasteiger partial charge in [0.15, 0.2) is 0 Å². The summed E-state index contributed by atoms with van der Waals surface area (Å²) in [6.45, 7) is 12.1. The molecule has 2 aliphatic heterocycles. The molecule has 4 nitrogen and oxygen atoms in total. The van der Waals surface area contributed by atoms with Crippen molar-refractivity contribution in [3.8, 4) is 0 Å². The molecule has 0 amide bonds. The van der Waals surface area contributed by atoms with Crippen LogP contribution in [0, 0.1) is 13.8 Å². The molecule has 32 heavy (non-hydrogen) atoms. The van der Waals surface area contributed by atoms with Gasteiger partial charge >= 0.3 is 0 Å². The normalized spacial score (nSPS) is 12.3. The number of H-pyrrole nitrogens is 2. The third-order valence-corrected chi connectivity index (χ3v) is 6.19. The van der Waals surface area contributed by atoms with E-state index in [0.717, 1.165) is 79.9 Å². The summed E-state index contributed by atoms with van der Waals surface area (Å²) in [6, 6.07) is 8.48. The first kappa shape index (κ1) is 20.0. The van der Waals surface area contributed by atoms with E-state index in [4.69, 9.17) is 9.97 Å². The van der Waals surface area contributed by atoms with Gasteiger partial charge in [-0.1, -0.05) is 12.2 Å². The Morgan fingerprint density at radius 3 is 1.44 bits per heavy atom. The number of rotatable bonds is 4. The second-order valence-electron chi connectivity index (χ2n) is 8.20. The molecule has 0 saturated carbocycles. The first-order valence-corrected chi connectivity index (χ1v) is 10.9. The monoisotopic (exact) mass is 418 g/mol. The van der Waals surface area contributed by atoms with Crippen LogP contribution < -0.4 is 0 Å². The maximum Gasteiger partial charge on any atom is 0.0693 e. The molecule has 0 unspecified atom stereocenters. The van der Waals surface area contributed by atoms with E-state index < -0.39 is 0 Å². The quantitative estimate of drug-likeness (QED) is 0.318. The molecule has 2 N–H and O–H groups in total. The zero-order valence-electron chi connectivity index (χ0n) is 18.5. The van der Waals surface area contributed by atoms with Gasteiger partial charge in [0, 0.05) is 33.2 Å². The van der Waals surface area contributed by atoms with E-state index in [1.165, 1.54) is 0 Å². The number of hydrogen-bond donors (Lipinski definition) is 2. The minimum Gasteiger partial charge on any atom is -0.355 e. The van der Waals surface area contributed by atoms with E-state index >= 15 is 0 Å². The van der Waals surface area contributed by atoms with Crippen LogP contribution in [-0.2, 0) is 12.8 Å². The number of nitrogens with one attached hydrogen (secondary N) is 2. The maximum atomic E-state index is 4.97. The Morgan fingerprint density at radius 1 is 0.625 bits per heavy atom. The molecule has 3 aromatic heterocycles. The standard InChI is InChI=1S/C28H26N4/c1-5-7-19-25-13-11-23(30-25)17(3)21-9-10-22(29-21)18(4)24-12-14-26(31-24)20(8-6-2)28-16-15-27(19)32-28/h5-6,9-16,29,32H,1-2,7-8H2,3-4H3. The number of aromatic nitrogens is 4. The Hall–Kier alpha value is -3.92. The molecule has 5 rings (SSSR count). The Balaban J connectivity index is 1.96. The van der Waals surface area contributed by atoms with E-state index in [-0.39, 0.29) is 0 Å². The second-order valence-corrected chi connectivity index (χ2v) is 8.20. The van der Waals surface area contributed by atoms with Crippen LogP contribution in [0.15, 0.2) is 49.6 Å². The third-order valence-electron chi connectivity index (χ3n) is 6.19. The van der Waals surface area contributed by atoms with Crippen molar-refractivity contribution < 1.29 is 0 Å². The number of allylic oxidation sites excluding steroid dienone is 2. The summed E-state index contributed by atoms with van der Waals surface area (Å²) in [5.74, 6) is 0. The summed E-state index contributed by atoms with van der Waals surface area (Å²) in [7, 11) is 0. The van der Waals surface area contributed by atoms with Gasteiger partial charge in [0.05, 0.1) is 22.8 Å². The van der Waals surface area contributed by atoms with Crippen LogP contribution in [0.1, 0.15) is 45.0 Å². The topological polar surface area (TPSA) is 57.4 Å². The maximum absolute atomic E-state index is 4.97. The molecule has 3 aromatic rings. The minimum atomic E-state index is 0.728. The number of nitrogens with zero attached hydrogens (tertiary/aromatic N) is 2. The van der Waals surface area contributed by atoms with Gasteiger partial charge in [-0.3, -0.25) is 0 Å². The smallest absolute Gasteiger partial charge is 0.0693 e. The molecular weight excluding hydrogens is 392 g/mol. The third kappa shape index (κ3) is 3.34. The van der Waals surface area contributed by atoms with Gasteiger partial charge in [0.1, 0.15) is 0 Å².